The number of aliphatic hydroxyl groups excluding tert-OH is 1. The number of piperidine rings is 1. The smallest absolute Gasteiger partial charge is 0.407 e. The Morgan fingerprint density at radius 2 is 2.00 bits per heavy atom. The highest BCUT2D eigenvalue weighted by atomic mass is 35.5. The van der Waals surface area contributed by atoms with Crippen molar-refractivity contribution in [1.82, 2.24) is 15.1 Å². The first-order valence-electron chi connectivity index (χ1n) is 12.8. The van der Waals surface area contributed by atoms with Crippen LogP contribution < -0.4 is 5.32 Å². The zero-order valence-corrected chi connectivity index (χ0v) is 21.5. The molecule has 0 bridgehead atoms. The van der Waals surface area contributed by atoms with Crippen LogP contribution in [0, 0.1) is 11.8 Å². The van der Waals surface area contributed by atoms with Crippen molar-refractivity contribution in [3.63, 3.8) is 0 Å². The number of benzene rings is 1. The van der Waals surface area contributed by atoms with E-state index in [1.54, 1.807) is 7.05 Å². The zero-order valence-electron chi connectivity index (χ0n) is 20.7. The molecule has 1 aromatic carbocycles. The van der Waals surface area contributed by atoms with E-state index in [-0.39, 0.29) is 43.9 Å². The van der Waals surface area contributed by atoms with Crippen LogP contribution in [0.5, 0.6) is 0 Å². The van der Waals surface area contributed by atoms with Crippen LogP contribution in [0.25, 0.3) is 0 Å². The highest BCUT2D eigenvalue weighted by Crippen LogP contribution is 2.34. The fourth-order valence-corrected chi connectivity index (χ4v) is 5.69. The summed E-state index contributed by atoms with van der Waals surface area (Å²) < 4.78 is 6.02. The molecule has 0 aromatic heterocycles. The molecule has 3 N–H and O–H groups in total. The van der Waals surface area contributed by atoms with Gasteiger partial charge in [0, 0.05) is 43.7 Å². The molecule has 1 saturated carbocycles. The molecule has 0 unspecified atom stereocenters. The number of carboxylic acid groups (broad SMARTS) is 1. The quantitative estimate of drug-likeness (QED) is 0.422. The van der Waals surface area contributed by atoms with Crippen LogP contribution in [-0.2, 0) is 4.74 Å². The predicted molar refractivity (Wildman–Crippen MR) is 136 cm³/mol. The molecule has 1 heterocycles. The van der Waals surface area contributed by atoms with E-state index in [2.05, 4.69) is 5.32 Å². The topological polar surface area (TPSA) is 102 Å². The number of aliphatic hydroxyl groups is 1. The number of nitrogens with zero attached hydrogens (tertiary/aromatic N) is 2. The van der Waals surface area contributed by atoms with Crippen molar-refractivity contribution in [3.8, 4) is 0 Å². The molecule has 1 aromatic rings. The Balaban J connectivity index is 1.67. The van der Waals surface area contributed by atoms with Crippen molar-refractivity contribution >= 4 is 23.7 Å². The largest absolute Gasteiger partial charge is 0.465 e. The molecule has 1 saturated heterocycles. The van der Waals surface area contributed by atoms with E-state index < -0.39 is 6.09 Å². The molecule has 3 amide bonds. The van der Waals surface area contributed by atoms with E-state index >= 15 is 0 Å². The molecule has 2 fully saturated rings. The van der Waals surface area contributed by atoms with E-state index in [0.717, 1.165) is 37.7 Å². The van der Waals surface area contributed by atoms with Crippen molar-refractivity contribution in [1.29, 1.82) is 0 Å². The highest BCUT2D eigenvalue weighted by molar-refractivity contribution is 6.30. The number of hydrogen-bond acceptors (Lipinski definition) is 4. The lowest BCUT2D eigenvalue weighted by Gasteiger charge is -2.38. The summed E-state index contributed by atoms with van der Waals surface area (Å²) in [5.41, 5.74) is 0.941. The van der Waals surface area contributed by atoms with Crippen LogP contribution in [0.15, 0.2) is 24.3 Å². The molecule has 1 aliphatic carbocycles. The van der Waals surface area contributed by atoms with Crippen LogP contribution in [-0.4, -0.2) is 78.1 Å². The van der Waals surface area contributed by atoms with Gasteiger partial charge in [-0.15, -0.1) is 0 Å². The van der Waals surface area contributed by atoms with Gasteiger partial charge in [-0.25, -0.2) is 9.59 Å². The molecular weight excluding hydrogens is 470 g/mol. The van der Waals surface area contributed by atoms with Crippen LogP contribution in [0.2, 0.25) is 5.02 Å². The third-order valence-electron chi connectivity index (χ3n) is 7.23. The molecule has 3 rings (SSSR count). The predicted octanol–water partition coefficient (Wildman–Crippen LogP) is 4.76. The van der Waals surface area contributed by atoms with Crippen molar-refractivity contribution in [2.24, 2.45) is 11.8 Å². The molecule has 3 atom stereocenters. The summed E-state index contributed by atoms with van der Waals surface area (Å²) in [6, 6.07) is 7.17. The summed E-state index contributed by atoms with van der Waals surface area (Å²) in [5, 5.41) is 22.5. The number of amides is 3. The Hall–Kier alpha value is -2.03. The number of carbonyl (C=O) groups is 2. The molecule has 35 heavy (non-hydrogen) atoms. The first kappa shape index (κ1) is 27.6. The lowest BCUT2D eigenvalue weighted by atomic mass is 9.84. The molecule has 196 valence electrons. The molecule has 9 heteroatoms. The number of hydrogen-bond donors (Lipinski definition) is 3. The third kappa shape index (κ3) is 8.54. The van der Waals surface area contributed by atoms with Gasteiger partial charge in [0.25, 0.3) is 0 Å². The Labute approximate surface area is 213 Å². The van der Waals surface area contributed by atoms with Crippen LogP contribution in [0.3, 0.4) is 0 Å². The molecule has 2 aliphatic rings. The SMILES string of the molecule is CN(C[C@H](CC1CCCCC1)NC(=O)N1CCC[C@@H]([C@@H](OCCO)c2cccc(Cl)c2)C1)C(=O)O. The van der Waals surface area contributed by atoms with Gasteiger partial charge < -0.3 is 30.1 Å². The molecular formula is C26H40ClN3O5. The second-order valence-electron chi connectivity index (χ2n) is 9.97. The standard InChI is InChI=1S/C26H40ClN3O5/c1-29(26(33)34)18-23(15-19-7-3-2-4-8-19)28-25(32)30-12-6-10-21(17-30)24(35-14-13-31)20-9-5-11-22(27)16-20/h5,9,11,16,19,21,23-24,31H,2-4,6-8,10,12-15,17-18H2,1H3,(H,28,32)(H,33,34)/t21-,23+,24+/m1/s1. The Morgan fingerprint density at radius 1 is 1.23 bits per heavy atom. The number of rotatable bonds is 10. The normalized spacial score (nSPS) is 20.8. The number of carbonyl (C=O) groups excluding carboxylic acids is 1. The minimum Gasteiger partial charge on any atom is -0.465 e. The van der Waals surface area contributed by atoms with E-state index in [4.69, 9.17) is 16.3 Å². The summed E-state index contributed by atoms with van der Waals surface area (Å²) in [6.07, 6.45) is 7.22. The Morgan fingerprint density at radius 3 is 2.69 bits per heavy atom. The lowest BCUT2D eigenvalue weighted by molar-refractivity contribution is -0.0240. The van der Waals surface area contributed by atoms with E-state index in [1.807, 2.05) is 29.2 Å². The van der Waals surface area contributed by atoms with Crippen molar-refractivity contribution in [2.45, 2.75) is 63.5 Å². The average Bonchev–Trinajstić information content (AvgIpc) is 2.85. The summed E-state index contributed by atoms with van der Waals surface area (Å²) >= 11 is 6.22. The highest BCUT2D eigenvalue weighted by Gasteiger charge is 2.32. The van der Waals surface area contributed by atoms with Crippen LogP contribution >= 0.6 is 11.6 Å². The van der Waals surface area contributed by atoms with E-state index in [0.29, 0.717) is 24.0 Å². The Kier molecular flexibility index (Phi) is 10.9. The summed E-state index contributed by atoms with van der Waals surface area (Å²) in [6.45, 7) is 1.59. The second kappa shape index (κ2) is 13.9. The number of halogens is 1. The van der Waals surface area contributed by atoms with Gasteiger partial charge in [-0.1, -0.05) is 55.8 Å². The van der Waals surface area contributed by atoms with Crippen molar-refractivity contribution < 1.29 is 24.5 Å². The van der Waals surface area contributed by atoms with Gasteiger partial charge in [-0.3, -0.25) is 0 Å². The second-order valence-corrected chi connectivity index (χ2v) is 10.4. The van der Waals surface area contributed by atoms with E-state index in [9.17, 15) is 19.8 Å². The summed E-state index contributed by atoms with van der Waals surface area (Å²) in [5.74, 6) is 0.586. The number of likely N-dealkylation sites (tertiary alicyclic amines) is 1. The fourth-order valence-electron chi connectivity index (χ4n) is 5.49. The number of nitrogens with one attached hydrogen (secondary N) is 1. The zero-order chi connectivity index (χ0) is 25.2. The molecule has 0 radical (unpaired) electrons. The van der Waals surface area contributed by atoms with Gasteiger partial charge in [0.05, 0.1) is 19.3 Å². The van der Waals surface area contributed by atoms with Gasteiger partial charge in [-0.05, 0) is 42.9 Å². The van der Waals surface area contributed by atoms with Crippen molar-refractivity contribution in [2.75, 3.05) is 39.9 Å². The maximum absolute atomic E-state index is 13.3. The molecule has 0 spiro atoms. The van der Waals surface area contributed by atoms with Crippen molar-refractivity contribution in [3.05, 3.63) is 34.9 Å². The summed E-state index contributed by atoms with van der Waals surface area (Å²) in [4.78, 5) is 27.8. The molecule has 1 aliphatic heterocycles. The average molecular weight is 510 g/mol. The number of urea groups is 1. The lowest BCUT2D eigenvalue weighted by Crippen LogP contribution is -2.52. The summed E-state index contributed by atoms with van der Waals surface area (Å²) in [7, 11) is 1.55. The minimum absolute atomic E-state index is 0.0676. The maximum Gasteiger partial charge on any atom is 0.407 e. The third-order valence-corrected chi connectivity index (χ3v) is 7.47. The first-order valence-corrected chi connectivity index (χ1v) is 13.2. The van der Waals surface area contributed by atoms with E-state index in [1.165, 1.54) is 24.2 Å². The Bertz CT molecular complexity index is 820. The fraction of sp³-hybridized carbons (Fsp3) is 0.692. The first-order chi connectivity index (χ1) is 16.9. The van der Waals surface area contributed by atoms with Crippen LogP contribution in [0.4, 0.5) is 9.59 Å². The van der Waals surface area contributed by atoms with Gasteiger partial charge in [0.15, 0.2) is 0 Å². The minimum atomic E-state index is -0.990. The van der Waals surface area contributed by atoms with Gasteiger partial charge in [-0.2, -0.15) is 0 Å². The van der Waals surface area contributed by atoms with Gasteiger partial charge >= 0.3 is 12.1 Å². The van der Waals surface area contributed by atoms with Gasteiger partial charge in [0.1, 0.15) is 0 Å². The molecule has 8 nitrogen and oxygen atoms in total. The number of likely N-dealkylation sites (N-methyl/N-ethyl adjacent to an activating group) is 1. The maximum atomic E-state index is 13.3. The monoisotopic (exact) mass is 509 g/mol. The van der Waals surface area contributed by atoms with Crippen LogP contribution in [0.1, 0.15) is 63.0 Å². The number of ether oxygens (including phenoxy) is 1. The van der Waals surface area contributed by atoms with Gasteiger partial charge in [0.2, 0.25) is 0 Å².